The number of carbonyl (C=O) groups is 1. The van der Waals surface area contributed by atoms with E-state index in [0.29, 0.717) is 6.54 Å². The van der Waals surface area contributed by atoms with Gasteiger partial charge in [-0.05, 0) is 25.1 Å². The van der Waals surface area contributed by atoms with Gasteiger partial charge in [0.2, 0.25) is 0 Å². The number of hydrogen-bond donors (Lipinski definition) is 2. The summed E-state index contributed by atoms with van der Waals surface area (Å²) < 4.78 is 5.41. The van der Waals surface area contributed by atoms with Crippen LogP contribution in [0, 0.1) is 0 Å². The van der Waals surface area contributed by atoms with Crippen LogP contribution in [0.5, 0.6) is 5.75 Å². The molecule has 2 rings (SSSR count). The van der Waals surface area contributed by atoms with Gasteiger partial charge >= 0.3 is 6.09 Å². The summed E-state index contributed by atoms with van der Waals surface area (Å²) in [5, 5.41) is 10.9. The first-order valence-electron chi connectivity index (χ1n) is 7.28. The lowest BCUT2D eigenvalue weighted by Gasteiger charge is -2.36. The molecule has 21 heavy (non-hydrogen) atoms. The Balaban J connectivity index is 1.76. The third kappa shape index (κ3) is 4.53. The second-order valence-corrected chi connectivity index (χ2v) is 5.09. The summed E-state index contributed by atoms with van der Waals surface area (Å²) >= 11 is 0. The van der Waals surface area contributed by atoms with Crippen molar-refractivity contribution >= 4 is 11.8 Å². The number of nitrogens with zero attached hydrogens (tertiary/aromatic N) is 2. The van der Waals surface area contributed by atoms with Crippen molar-refractivity contribution in [2.75, 3.05) is 51.3 Å². The molecular weight excluding hydrogens is 270 g/mol. The van der Waals surface area contributed by atoms with E-state index in [1.54, 1.807) is 7.11 Å². The van der Waals surface area contributed by atoms with Crippen LogP contribution in [0.3, 0.4) is 0 Å². The molecule has 0 aliphatic carbocycles. The molecule has 2 N–H and O–H groups in total. The third-order valence-electron chi connectivity index (χ3n) is 3.73. The zero-order valence-corrected chi connectivity index (χ0v) is 12.4. The van der Waals surface area contributed by atoms with Gasteiger partial charge in [-0.15, -0.1) is 0 Å². The fourth-order valence-electron chi connectivity index (χ4n) is 2.60. The molecule has 1 fully saturated rings. The van der Waals surface area contributed by atoms with Crippen LogP contribution in [0.15, 0.2) is 24.3 Å². The maximum absolute atomic E-state index is 10.4. The summed E-state index contributed by atoms with van der Waals surface area (Å²) in [6, 6.07) is 8.08. The maximum Gasteiger partial charge on any atom is 0.404 e. The zero-order chi connectivity index (χ0) is 15.1. The summed E-state index contributed by atoms with van der Waals surface area (Å²) in [6.07, 6.45) is -0.1000. The lowest BCUT2D eigenvalue weighted by atomic mass is 10.2. The second-order valence-electron chi connectivity index (χ2n) is 5.09. The molecule has 1 aromatic rings. The molecule has 0 spiro atoms. The number of amides is 1. The fourth-order valence-corrected chi connectivity index (χ4v) is 2.60. The van der Waals surface area contributed by atoms with E-state index in [4.69, 9.17) is 9.84 Å². The summed E-state index contributed by atoms with van der Waals surface area (Å²) in [7, 11) is 1.70. The van der Waals surface area contributed by atoms with Crippen molar-refractivity contribution in [3.05, 3.63) is 24.3 Å². The van der Waals surface area contributed by atoms with Crippen molar-refractivity contribution < 1.29 is 14.6 Å². The molecular formula is C15H23N3O3. The van der Waals surface area contributed by atoms with Crippen LogP contribution in [0.4, 0.5) is 10.5 Å². The molecule has 1 aliphatic rings. The number of carboxylic acid groups (broad SMARTS) is 1. The molecule has 6 nitrogen and oxygen atoms in total. The molecule has 0 radical (unpaired) electrons. The Morgan fingerprint density at radius 3 is 2.67 bits per heavy atom. The van der Waals surface area contributed by atoms with Gasteiger partial charge in [0, 0.05) is 32.7 Å². The molecule has 1 heterocycles. The van der Waals surface area contributed by atoms with Gasteiger partial charge in [-0.2, -0.15) is 0 Å². The van der Waals surface area contributed by atoms with Gasteiger partial charge in [-0.1, -0.05) is 12.1 Å². The van der Waals surface area contributed by atoms with E-state index in [9.17, 15) is 4.79 Å². The highest BCUT2D eigenvalue weighted by molar-refractivity contribution is 5.64. The molecule has 1 aromatic carbocycles. The SMILES string of the molecule is COc1ccccc1N1CCN(CCCNC(=O)O)CC1. The number of ether oxygens (including phenoxy) is 1. The van der Waals surface area contributed by atoms with E-state index >= 15 is 0 Å². The molecule has 6 heteroatoms. The standard InChI is InChI=1S/C15H23N3O3/c1-21-14-6-3-2-5-13(14)18-11-9-17(10-12-18)8-4-7-16-15(19)20/h2-3,5-6,16H,4,7-12H2,1H3,(H,19,20). The van der Waals surface area contributed by atoms with Crippen LogP contribution in [-0.2, 0) is 0 Å². The summed E-state index contributed by atoms with van der Waals surface area (Å²) in [5.74, 6) is 0.914. The Morgan fingerprint density at radius 2 is 2.00 bits per heavy atom. The van der Waals surface area contributed by atoms with Crippen molar-refractivity contribution in [2.45, 2.75) is 6.42 Å². The maximum atomic E-state index is 10.4. The number of piperazine rings is 1. The molecule has 0 unspecified atom stereocenters. The lowest BCUT2D eigenvalue weighted by molar-refractivity contribution is 0.192. The molecule has 0 bridgehead atoms. The minimum absolute atomic E-state index is 0.516. The van der Waals surface area contributed by atoms with Crippen LogP contribution in [0.25, 0.3) is 0 Å². The second kappa shape index (κ2) is 7.73. The number of para-hydroxylation sites is 2. The van der Waals surface area contributed by atoms with Crippen LogP contribution in [0.1, 0.15) is 6.42 Å². The third-order valence-corrected chi connectivity index (χ3v) is 3.73. The summed E-state index contributed by atoms with van der Waals surface area (Å²) in [6.45, 7) is 5.36. The first kappa shape index (κ1) is 15.4. The molecule has 0 aromatic heterocycles. The number of benzene rings is 1. The monoisotopic (exact) mass is 293 g/mol. The Kier molecular flexibility index (Phi) is 5.68. The highest BCUT2D eigenvalue weighted by Crippen LogP contribution is 2.28. The largest absolute Gasteiger partial charge is 0.495 e. The van der Waals surface area contributed by atoms with Gasteiger partial charge in [-0.3, -0.25) is 4.90 Å². The number of nitrogens with one attached hydrogen (secondary N) is 1. The van der Waals surface area contributed by atoms with Crippen molar-refractivity contribution in [2.24, 2.45) is 0 Å². The predicted molar refractivity (Wildman–Crippen MR) is 82.3 cm³/mol. The smallest absolute Gasteiger partial charge is 0.404 e. The van der Waals surface area contributed by atoms with Crippen LogP contribution in [0.2, 0.25) is 0 Å². The topological polar surface area (TPSA) is 65.0 Å². The van der Waals surface area contributed by atoms with E-state index in [1.807, 2.05) is 18.2 Å². The van der Waals surface area contributed by atoms with Gasteiger partial charge in [0.15, 0.2) is 0 Å². The Morgan fingerprint density at radius 1 is 1.29 bits per heavy atom. The molecule has 0 saturated carbocycles. The van der Waals surface area contributed by atoms with Crippen molar-refractivity contribution in [1.29, 1.82) is 0 Å². The van der Waals surface area contributed by atoms with Crippen molar-refractivity contribution in [3.63, 3.8) is 0 Å². The van der Waals surface area contributed by atoms with Gasteiger partial charge in [0.25, 0.3) is 0 Å². The number of methoxy groups -OCH3 is 1. The fraction of sp³-hybridized carbons (Fsp3) is 0.533. The number of hydrogen-bond acceptors (Lipinski definition) is 4. The van der Waals surface area contributed by atoms with Crippen molar-refractivity contribution in [1.82, 2.24) is 10.2 Å². The average molecular weight is 293 g/mol. The number of rotatable bonds is 6. The highest BCUT2D eigenvalue weighted by Gasteiger charge is 2.18. The quantitative estimate of drug-likeness (QED) is 0.778. The summed E-state index contributed by atoms with van der Waals surface area (Å²) in [4.78, 5) is 15.1. The highest BCUT2D eigenvalue weighted by atomic mass is 16.5. The lowest BCUT2D eigenvalue weighted by Crippen LogP contribution is -2.47. The predicted octanol–water partition coefficient (Wildman–Crippen LogP) is 1.47. The van der Waals surface area contributed by atoms with E-state index in [2.05, 4.69) is 21.2 Å². The van der Waals surface area contributed by atoms with E-state index in [0.717, 1.165) is 50.6 Å². The minimum Gasteiger partial charge on any atom is -0.495 e. The average Bonchev–Trinajstić information content (AvgIpc) is 2.52. The van der Waals surface area contributed by atoms with Crippen molar-refractivity contribution in [3.8, 4) is 5.75 Å². The van der Waals surface area contributed by atoms with Gasteiger partial charge in [0.1, 0.15) is 5.75 Å². The van der Waals surface area contributed by atoms with Crippen LogP contribution in [-0.4, -0.2) is 62.5 Å². The van der Waals surface area contributed by atoms with E-state index < -0.39 is 6.09 Å². The van der Waals surface area contributed by atoms with E-state index in [-0.39, 0.29) is 0 Å². The van der Waals surface area contributed by atoms with Gasteiger partial charge < -0.3 is 20.1 Å². The van der Waals surface area contributed by atoms with Crippen LogP contribution < -0.4 is 15.0 Å². The Bertz CT molecular complexity index is 459. The first-order valence-corrected chi connectivity index (χ1v) is 7.28. The normalized spacial score (nSPS) is 15.8. The molecule has 116 valence electrons. The Hall–Kier alpha value is -1.95. The van der Waals surface area contributed by atoms with E-state index in [1.165, 1.54) is 0 Å². The minimum atomic E-state index is -0.948. The first-order chi connectivity index (χ1) is 10.2. The summed E-state index contributed by atoms with van der Waals surface area (Å²) in [5.41, 5.74) is 1.15. The van der Waals surface area contributed by atoms with Gasteiger partial charge in [-0.25, -0.2) is 4.79 Å². The van der Waals surface area contributed by atoms with Crippen LogP contribution >= 0.6 is 0 Å². The molecule has 1 amide bonds. The molecule has 1 aliphatic heterocycles. The zero-order valence-electron chi connectivity index (χ0n) is 12.4. The molecule has 1 saturated heterocycles. The molecule has 0 atom stereocenters. The number of anilines is 1. The van der Waals surface area contributed by atoms with Gasteiger partial charge in [0.05, 0.1) is 12.8 Å². The Labute approximate surface area is 125 Å².